The van der Waals surface area contributed by atoms with E-state index < -0.39 is 6.17 Å². The second-order valence-corrected chi connectivity index (χ2v) is 2.97. The molecule has 0 saturated carbocycles. The standard InChI is InChI=1S/C8H13F/c1-6-3-4-7(2)8(9)5-6/h5,7-8H,3-4H2,1-2H3/t7-,8+/m0/s1. The lowest BCUT2D eigenvalue weighted by atomic mass is 9.90. The monoisotopic (exact) mass is 128 g/mol. The Bertz CT molecular complexity index is 127. The Morgan fingerprint density at radius 2 is 2.33 bits per heavy atom. The van der Waals surface area contributed by atoms with Crippen LogP contribution < -0.4 is 0 Å². The van der Waals surface area contributed by atoms with Crippen molar-refractivity contribution < 1.29 is 4.39 Å². The smallest absolute Gasteiger partial charge is 0.121 e. The molecule has 0 heterocycles. The van der Waals surface area contributed by atoms with Gasteiger partial charge in [0.1, 0.15) is 6.17 Å². The van der Waals surface area contributed by atoms with E-state index in [0.29, 0.717) is 0 Å². The molecule has 0 aromatic carbocycles. The van der Waals surface area contributed by atoms with Gasteiger partial charge < -0.3 is 0 Å². The maximum absolute atomic E-state index is 12.8. The summed E-state index contributed by atoms with van der Waals surface area (Å²) in [7, 11) is 0. The maximum atomic E-state index is 12.8. The molecule has 0 bridgehead atoms. The van der Waals surface area contributed by atoms with Gasteiger partial charge in [0, 0.05) is 0 Å². The van der Waals surface area contributed by atoms with E-state index in [0.717, 1.165) is 12.8 Å². The largest absolute Gasteiger partial charge is 0.243 e. The van der Waals surface area contributed by atoms with Crippen LogP contribution in [0.2, 0.25) is 0 Å². The minimum atomic E-state index is -0.682. The minimum Gasteiger partial charge on any atom is -0.243 e. The molecule has 0 aromatic rings. The molecular formula is C8H13F. The van der Waals surface area contributed by atoms with Crippen LogP contribution in [0.3, 0.4) is 0 Å². The Kier molecular flexibility index (Phi) is 1.89. The summed E-state index contributed by atoms with van der Waals surface area (Å²) in [5.41, 5.74) is 1.21. The van der Waals surface area contributed by atoms with Gasteiger partial charge in [-0.1, -0.05) is 18.6 Å². The van der Waals surface area contributed by atoms with Gasteiger partial charge in [-0.15, -0.1) is 0 Å². The Balaban J connectivity index is 2.58. The van der Waals surface area contributed by atoms with Gasteiger partial charge in [-0.2, -0.15) is 0 Å². The molecular weight excluding hydrogens is 115 g/mol. The highest BCUT2D eigenvalue weighted by Gasteiger charge is 2.17. The zero-order chi connectivity index (χ0) is 6.85. The number of alkyl halides is 1. The topological polar surface area (TPSA) is 0 Å². The van der Waals surface area contributed by atoms with E-state index in [-0.39, 0.29) is 5.92 Å². The molecule has 0 saturated heterocycles. The van der Waals surface area contributed by atoms with Crippen LogP contribution in [-0.2, 0) is 0 Å². The van der Waals surface area contributed by atoms with Crippen molar-refractivity contribution in [3.8, 4) is 0 Å². The zero-order valence-electron chi connectivity index (χ0n) is 6.02. The molecule has 2 atom stereocenters. The molecule has 9 heavy (non-hydrogen) atoms. The molecule has 0 aliphatic heterocycles. The van der Waals surface area contributed by atoms with Crippen LogP contribution in [-0.4, -0.2) is 6.17 Å². The number of hydrogen-bond acceptors (Lipinski definition) is 0. The molecule has 0 N–H and O–H groups in total. The Labute approximate surface area is 55.8 Å². The molecule has 1 aliphatic rings. The van der Waals surface area contributed by atoms with Gasteiger partial charge in [-0.25, -0.2) is 4.39 Å². The van der Waals surface area contributed by atoms with Gasteiger partial charge in [0.05, 0.1) is 0 Å². The Morgan fingerprint density at radius 1 is 1.67 bits per heavy atom. The SMILES string of the molecule is CC1=C[C@@H](F)[C@@H](C)CC1. The molecule has 1 rings (SSSR count). The van der Waals surface area contributed by atoms with Crippen LogP contribution in [0.25, 0.3) is 0 Å². The zero-order valence-corrected chi connectivity index (χ0v) is 6.02. The summed E-state index contributed by atoms with van der Waals surface area (Å²) >= 11 is 0. The van der Waals surface area contributed by atoms with E-state index in [9.17, 15) is 4.39 Å². The highest BCUT2D eigenvalue weighted by molar-refractivity contribution is 5.07. The molecule has 0 radical (unpaired) electrons. The molecule has 0 fully saturated rings. The molecule has 1 aliphatic carbocycles. The van der Waals surface area contributed by atoms with Crippen molar-refractivity contribution in [1.82, 2.24) is 0 Å². The van der Waals surface area contributed by atoms with E-state index in [1.54, 1.807) is 6.08 Å². The van der Waals surface area contributed by atoms with Crippen LogP contribution in [0.15, 0.2) is 11.6 Å². The van der Waals surface area contributed by atoms with Crippen molar-refractivity contribution in [1.29, 1.82) is 0 Å². The molecule has 52 valence electrons. The minimum absolute atomic E-state index is 0.244. The molecule has 1 heteroatoms. The van der Waals surface area contributed by atoms with Gasteiger partial charge in [-0.3, -0.25) is 0 Å². The summed E-state index contributed by atoms with van der Waals surface area (Å²) in [5.74, 6) is 0.244. The normalized spacial score (nSPS) is 36.1. The Hall–Kier alpha value is -0.330. The number of rotatable bonds is 0. The van der Waals surface area contributed by atoms with Crippen LogP contribution in [0.5, 0.6) is 0 Å². The van der Waals surface area contributed by atoms with Crippen LogP contribution in [0.4, 0.5) is 4.39 Å². The molecule has 0 amide bonds. The fraction of sp³-hybridized carbons (Fsp3) is 0.750. The predicted octanol–water partition coefficient (Wildman–Crippen LogP) is 2.70. The predicted molar refractivity (Wildman–Crippen MR) is 37.1 cm³/mol. The lowest BCUT2D eigenvalue weighted by Gasteiger charge is -2.19. The fourth-order valence-corrected chi connectivity index (χ4v) is 1.13. The fourth-order valence-electron chi connectivity index (χ4n) is 1.13. The van der Waals surface area contributed by atoms with Gasteiger partial charge >= 0.3 is 0 Å². The average Bonchev–Trinajstić information content (AvgIpc) is 1.80. The molecule has 0 spiro atoms. The van der Waals surface area contributed by atoms with E-state index in [2.05, 4.69) is 0 Å². The van der Waals surface area contributed by atoms with Crippen LogP contribution in [0.1, 0.15) is 26.7 Å². The van der Waals surface area contributed by atoms with E-state index in [4.69, 9.17) is 0 Å². The third kappa shape index (κ3) is 1.54. The first-order chi connectivity index (χ1) is 4.20. The lowest BCUT2D eigenvalue weighted by Crippen LogP contribution is -2.14. The maximum Gasteiger partial charge on any atom is 0.121 e. The summed E-state index contributed by atoms with van der Waals surface area (Å²) in [6, 6.07) is 0. The van der Waals surface area contributed by atoms with Crippen LogP contribution in [0, 0.1) is 5.92 Å². The quantitative estimate of drug-likeness (QED) is 0.440. The summed E-state index contributed by atoms with van der Waals surface area (Å²) in [5, 5.41) is 0. The molecule has 0 nitrogen and oxygen atoms in total. The van der Waals surface area contributed by atoms with Crippen molar-refractivity contribution in [2.45, 2.75) is 32.9 Å². The second-order valence-electron chi connectivity index (χ2n) is 2.97. The Morgan fingerprint density at radius 3 is 2.78 bits per heavy atom. The number of hydrogen-bond donors (Lipinski definition) is 0. The van der Waals surface area contributed by atoms with E-state index >= 15 is 0 Å². The number of allylic oxidation sites excluding steroid dienone is 2. The van der Waals surface area contributed by atoms with Gasteiger partial charge in [-0.05, 0) is 25.7 Å². The first-order valence-corrected chi connectivity index (χ1v) is 3.51. The molecule has 0 unspecified atom stereocenters. The first kappa shape index (κ1) is 6.79. The summed E-state index contributed by atoms with van der Waals surface area (Å²) in [4.78, 5) is 0. The first-order valence-electron chi connectivity index (χ1n) is 3.51. The summed E-state index contributed by atoms with van der Waals surface area (Å²) < 4.78 is 12.8. The molecule has 0 aromatic heterocycles. The van der Waals surface area contributed by atoms with E-state index in [1.807, 2.05) is 13.8 Å². The van der Waals surface area contributed by atoms with Crippen molar-refractivity contribution in [2.24, 2.45) is 5.92 Å². The summed E-state index contributed by atoms with van der Waals surface area (Å²) in [6.45, 7) is 3.96. The van der Waals surface area contributed by atoms with Gasteiger partial charge in [0.2, 0.25) is 0 Å². The van der Waals surface area contributed by atoms with Gasteiger partial charge in [0.15, 0.2) is 0 Å². The van der Waals surface area contributed by atoms with Crippen molar-refractivity contribution >= 4 is 0 Å². The summed E-state index contributed by atoms with van der Waals surface area (Å²) in [6.07, 6.45) is 3.16. The number of halogens is 1. The highest BCUT2D eigenvalue weighted by Crippen LogP contribution is 2.24. The third-order valence-corrected chi connectivity index (χ3v) is 1.98. The van der Waals surface area contributed by atoms with Crippen LogP contribution >= 0.6 is 0 Å². The van der Waals surface area contributed by atoms with Crippen molar-refractivity contribution in [3.63, 3.8) is 0 Å². The highest BCUT2D eigenvalue weighted by atomic mass is 19.1. The average molecular weight is 128 g/mol. The lowest BCUT2D eigenvalue weighted by molar-refractivity contribution is 0.271. The van der Waals surface area contributed by atoms with E-state index in [1.165, 1.54) is 5.57 Å². The van der Waals surface area contributed by atoms with Crippen molar-refractivity contribution in [2.75, 3.05) is 0 Å². The van der Waals surface area contributed by atoms with Crippen molar-refractivity contribution in [3.05, 3.63) is 11.6 Å². The third-order valence-electron chi connectivity index (χ3n) is 1.98. The van der Waals surface area contributed by atoms with Gasteiger partial charge in [0.25, 0.3) is 0 Å². The second kappa shape index (κ2) is 2.51.